The van der Waals surface area contributed by atoms with Gasteiger partial charge in [0, 0.05) is 12.6 Å². The lowest BCUT2D eigenvalue weighted by Crippen LogP contribution is -2.28. The number of hydrogen-bond donors (Lipinski definition) is 1. The molecule has 1 aromatic heterocycles. The van der Waals surface area contributed by atoms with Crippen LogP contribution in [0, 0.1) is 0 Å². The van der Waals surface area contributed by atoms with Crippen LogP contribution in [0.25, 0.3) is 5.69 Å². The second kappa shape index (κ2) is 8.11. The second-order valence-corrected chi connectivity index (χ2v) is 5.57. The first kappa shape index (κ1) is 17.4. The number of benzene rings is 2. The van der Waals surface area contributed by atoms with Crippen LogP contribution in [-0.4, -0.2) is 22.3 Å². The van der Waals surface area contributed by atoms with Crippen LogP contribution in [0.1, 0.15) is 23.0 Å². The quantitative estimate of drug-likeness (QED) is 0.742. The number of carbonyl (C=O) groups is 1. The maximum absolute atomic E-state index is 12.4. The Hall–Kier alpha value is -3.41. The number of amides is 1. The molecule has 0 spiro atoms. The number of ether oxygens (including phenoxy) is 1. The van der Waals surface area contributed by atoms with Crippen molar-refractivity contribution in [2.24, 2.45) is 0 Å². The summed E-state index contributed by atoms with van der Waals surface area (Å²) in [5.41, 5.74) is 1.41. The van der Waals surface area contributed by atoms with E-state index < -0.39 is 0 Å². The van der Waals surface area contributed by atoms with E-state index in [1.165, 1.54) is 16.8 Å². The first-order chi connectivity index (χ1) is 12.7. The van der Waals surface area contributed by atoms with Gasteiger partial charge >= 0.3 is 0 Å². The first-order valence-corrected chi connectivity index (χ1v) is 8.33. The smallest absolute Gasteiger partial charge is 0.272 e. The Morgan fingerprint density at radius 1 is 1.08 bits per heavy atom. The van der Waals surface area contributed by atoms with Gasteiger partial charge in [-0.05, 0) is 42.8 Å². The van der Waals surface area contributed by atoms with Gasteiger partial charge in [0.2, 0.25) is 0 Å². The molecule has 0 aliphatic heterocycles. The zero-order chi connectivity index (χ0) is 18.4. The van der Waals surface area contributed by atoms with Gasteiger partial charge < -0.3 is 10.1 Å². The lowest BCUT2D eigenvalue weighted by atomic mass is 10.2. The van der Waals surface area contributed by atoms with Gasteiger partial charge in [-0.2, -0.15) is 9.78 Å². The van der Waals surface area contributed by atoms with Crippen LogP contribution in [-0.2, 0) is 6.54 Å². The van der Waals surface area contributed by atoms with E-state index in [1.54, 1.807) is 12.1 Å². The molecule has 0 unspecified atom stereocenters. The largest absolute Gasteiger partial charge is 0.494 e. The van der Waals surface area contributed by atoms with Crippen LogP contribution in [0.15, 0.2) is 71.5 Å². The van der Waals surface area contributed by atoms with E-state index in [1.807, 2.05) is 49.4 Å². The summed E-state index contributed by atoms with van der Waals surface area (Å²) in [5.74, 6) is 0.409. The van der Waals surface area contributed by atoms with Gasteiger partial charge in [0.25, 0.3) is 11.5 Å². The van der Waals surface area contributed by atoms with Gasteiger partial charge in [0.1, 0.15) is 11.4 Å². The van der Waals surface area contributed by atoms with E-state index in [0.717, 1.165) is 11.3 Å². The van der Waals surface area contributed by atoms with E-state index in [2.05, 4.69) is 10.4 Å². The van der Waals surface area contributed by atoms with E-state index >= 15 is 0 Å². The van der Waals surface area contributed by atoms with E-state index in [0.29, 0.717) is 18.8 Å². The van der Waals surface area contributed by atoms with Gasteiger partial charge in [-0.15, -0.1) is 0 Å². The van der Waals surface area contributed by atoms with Gasteiger partial charge in [0.05, 0.1) is 12.3 Å². The predicted octanol–water partition coefficient (Wildman–Crippen LogP) is 2.56. The molecule has 0 radical (unpaired) electrons. The molecule has 3 aromatic rings. The van der Waals surface area contributed by atoms with Crippen molar-refractivity contribution in [3.63, 3.8) is 0 Å². The molecule has 1 amide bonds. The van der Waals surface area contributed by atoms with Crippen LogP contribution in [0.2, 0.25) is 0 Å². The molecule has 2 aromatic carbocycles. The topological polar surface area (TPSA) is 73.2 Å². The van der Waals surface area contributed by atoms with Crippen molar-refractivity contribution in [2.45, 2.75) is 13.5 Å². The zero-order valence-electron chi connectivity index (χ0n) is 14.4. The maximum atomic E-state index is 12.4. The molecular formula is C20H19N3O3. The summed E-state index contributed by atoms with van der Waals surface area (Å²) in [4.78, 5) is 24.4. The van der Waals surface area contributed by atoms with Gasteiger partial charge in [-0.1, -0.05) is 30.3 Å². The minimum absolute atomic E-state index is 0.175. The third-order valence-corrected chi connectivity index (χ3v) is 3.70. The molecule has 0 saturated carbocycles. The third-order valence-electron chi connectivity index (χ3n) is 3.70. The van der Waals surface area contributed by atoms with Crippen molar-refractivity contribution in [1.29, 1.82) is 0 Å². The van der Waals surface area contributed by atoms with Gasteiger partial charge in [-0.3, -0.25) is 9.59 Å². The van der Waals surface area contributed by atoms with E-state index in [-0.39, 0.29) is 17.2 Å². The normalized spacial score (nSPS) is 10.3. The molecule has 3 rings (SSSR count). The van der Waals surface area contributed by atoms with Crippen LogP contribution in [0.5, 0.6) is 5.75 Å². The van der Waals surface area contributed by atoms with Crippen LogP contribution < -0.4 is 15.6 Å². The molecule has 1 N–H and O–H groups in total. The van der Waals surface area contributed by atoms with E-state index in [4.69, 9.17) is 4.74 Å². The predicted molar refractivity (Wildman–Crippen MR) is 98.6 cm³/mol. The molecule has 0 atom stereocenters. The Kier molecular flexibility index (Phi) is 5.43. The lowest BCUT2D eigenvalue weighted by molar-refractivity contribution is 0.0944. The molecular weight excluding hydrogens is 330 g/mol. The highest BCUT2D eigenvalue weighted by atomic mass is 16.5. The molecule has 6 heteroatoms. The SMILES string of the molecule is CCOc1cccc(CNC(=O)c2ccc(=O)n(-c3ccccc3)n2)c1. The molecule has 0 aliphatic rings. The summed E-state index contributed by atoms with van der Waals surface area (Å²) < 4.78 is 6.67. The number of rotatable bonds is 6. The van der Waals surface area contributed by atoms with Crippen molar-refractivity contribution in [3.8, 4) is 11.4 Å². The lowest BCUT2D eigenvalue weighted by Gasteiger charge is -2.09. The molecule has 0 fully saturated rings. The summed E-state index contributed by atoms with van der Waals surface area (Å²) in [6.07, 6.45) is 0. The summed E-state index contributed by atoms with van der Waals surface area (Å²) in [6.45, 7) is 2.84. The highest BCUT2D eigenvalue weighted by molar-refractivity contribution is 5.92. The molecule has 0 aliphatic carbocycles. The fourth-order valence-electron chi connectivity index (χ4n) is 2.47. The minimum atomic E-state index is -0.350. The van der Waals surface area contributed by atoms with Crippen molar-refractivity contribution in [1.82, 2.24) is 15.1 Å². The summed E-state index contributed by atoms with van der Waals surface area (Å²) in [7, 11) is 0. The molecule has 6 nitrogen and oxygen atoms in total. The Balaban J connectivity index is 1.74. The summed E-state index contributed by atoms with van der Waals surface area (Å²) >= 11 is 0. The van der Waals surface area contributed by atoms with Gasteiger partial charge in [0.15, 0.2) is 0 Å². The molecule has 1 heterocycles. The number of aromatic nitrogens is 2. The Labute approximate surface area is 151 Å². The monoisotopic (exact) mass is 349 g/mol. The summed E-state index contributed by atoms with van der Waals surface area (Å²) in [5, 5.41) is 6.98. The Bertz CT molecular complexity index is 952. The zero-order valence-corrected chi connectivity index (χ0v) is 14.4. The highest BCUT2D eigenvalue weighted by Gasteiger charge is 2.10. The minimum Gasteiger partial charge on any atom is -0.494 e. The summed E-state index contributed by atoms with van der Waals surface area (Å²) in [6, 6.07) is 19.3. The maximum Gasteiger partial charge on any atom is 0.272 e. The van der Waals surface area contributed by atoms with Crippen LogP contribution in [0.4, 0.5) is 0 Å². The highest BCUT2D eigenvalue weighted by Crippen LogP contribution is 2.13. The number of hydrogen-bond acceptors (Lipinski definition) is 4. The van der Waals surface area contributed by atoms with Crippen molar-refractivity contribution < 1.29 is 9.53 Å². The number of nitrogens with one attached hydrogen (secondary N) is 1. The molecule has 132 valence electrons. The van der Waals surface area contributed by atoms with Crippen LogP contribution in [0.3, 0.4) is 0 Å². The first-order valence-electron chi connectivity index (χ1n) is 8.33. The van der Waals surface area contributed by atoms with Crippen LogP contribution >= 0.6 is 0 Å². The Morgan fingerprint density at radius 2 is 1.88 bits per heavy atom. The second-order valence-electron chi connectivity index (χ2n) is 5.57. The van der Waals surface area contributed by atoms with E-state index in [9.17, 15) is 9.59 Å². The standard InChI is InChI=1S/C20H19N3O3/c1-2-26-17-10-6-7-15(13-17)14-21-20(25)18-11-12-19(24)23(22-18)16-8-4-3-5-9-16/h3-13H,2,14H2,1H3,(H,21,25). The number of para-hydroxylation sites is 1. The molecule has 0 bridgehead atoms. The van der Waals surface area contributed by atoms with Crippen molar-refractivity contribution >= 4 is 5.91 Å². The molecule has 0 saturated heterocycles. The third kappa shape index (κ3) is 4.16. The van der Waals surface area contributed by atoms with Crippen molar-refractivity contribution in [2.75, 3.05) is 6.61 Å². The number of carbonyl (C=O) groups excluding carboxylic acids is 1. The average molecular weight is 349 g/mol. The van der Waals surface area contributed by atoms with Gasteiger partial charge in [-0.25, -0.2) is 0 Å². The average Bonchev–Trinajstić information content (AvgIpc) is 2.68. The molecule has 26 heavy (non-hydrogen) atoms. The fraction of sp³-hybridized carbons (Fsp3) is 0.150. The van der Waals surface area contributed by atoms with Crippen molar-refractivity contribution in [3.05, 3.63) is 88.3 Å². The number of nitrogens with zero attached hydrogens (tertiary/aromatic N) is 2. The Morgan fingerprint density at radius 3 is 2.65 bits per heavy atom. The fourth-order valence-corrected chi connectivity index (χ4v) is 2.47.